The quantitative estimate of drug-likeness (QED) is 0.804. The van der Waals surface area contributed by atoms with Crippen molar-refractivity contribution in [1.29, 1.82) is 0 Å². The molecule has 0 radical (unpaired) electrons. The third-order valence-electron chi connectivity index (χ3n) is 2.92. The molecular weight excluding hydrogens is 334 g/mol. The highest BCUT2D eigenvalue weighted by atomic mass is 79.9. The fraction of sp³-hybridized carbons (Fsp3) is 0.333. The van der Waals surface area contributed by atoms with E-state index in [9.17, 15) is 0 Å². The van der Waals surface area contributed by atoms with Crippen molar-refractivity contribution in [3.63, 3.8) is 0 Å². The predicted molar refractivity (Wildman–Crippen MR) is 87.7 cm³/mol. The maximum absolute atomic E-state index is 5.97. The molecule has 2 rings (SSSR count). The fourth-order valence-electron chi connectivity index (χ4n) is 1.74. The third kappa shape index (κ3) is 4.89. The molecule has 0 bridgehead atoms. The van der Waals surface area contributed by atoms with Crippen molar-refractivity contribution in [3.8, 4) is 0 Å². The average molecular weight is 352 g/mol. The molecule has 20 heavy (non-hydrogen) atoms. The number of hydrogen-bond acceptors (Lipinski definition) is 4. The molecule has 0 spiro atoms. The molecule has 1 aromatic carbocycles. The van der Waals surface area contributed by atoms with E-state index in [4.69, 9.17) is 5.73 Å². The molecule has 0 aliphatic heterocycles. The minimum absolute atomic E-state index is 0.176. The van der Waals surface area contributed by atoms with Crippen LogP contribution in [-0.4, -0.2) is 16.0 Å². The number of nitrogens with two attached hydrogens (primary N) is 1. The first-order valence-corrected chi connectivity index (χ1v) is 8.40. The lowest BCUT2D eigenvalue weighted by Gasteiger charge is -2.08. The monoisotopic (exact) mass is 351 g/mol. The van der Waals surface area contributed by atoms with Crippen LogP contribution in [0.5, 0.6) is 0 Å². The smallest absolute Gasteiger partial charge is 0.138 e. The number of aromatic nitrogens is 2. The van der Waals surface area contributed by atoms with Gasteiger partial charge in [-0.2, -0.15) is 0 Å². The summed E-state index contributed by atoms with van der Waals surface area (Å²) in [6, 6.07) is 10.4. The van der Waals surface area contributed by atoms with Gasteiger partial charge in [0.15, 0.2) is 0 Å². The van der Waals surface area contributed by atoms with Crippen LogP contribution in [-0.2, 0) is 12.2 Å². The van der Waals surface area contributed by atoms with Crippen LogP contribution >= 0.6 is 27.7 Å². The Labute approximate surface area is 132 Å². The first-order chi connectivity index (χ1) is 9.67. The summed E-state index contributed by atoms with van der Waals surface area (Å²) in [7, 11) is 0. The van der Waals surface area contributed by atoms with Gasteiger partial charge >= 0.3 is 0 Å². The fourth-order valence-corrected chi connectivity index (χ4v) is 3.11. The second kappa shape index (κ2) is 7.76. The largest absolute Gasteiger partial charge is 0.327 e. The number of benzene rings is 1. The highest BCUT2D eigenvalue weighted by Crippen LogP contribution is 2.24. The Morgan fingerprint density at radius 2 is 2.20 bits per heavy atom. The second-order valence-electron chi connectivity index (χ2n) is 4.58. The topological polar surface area (TPSA) is 51.8 Å². The highest BCUT2D eigenvalue weighted by molar-refractivity contribution is 9.10. The van der Waals surface area contributed by atoms with Crippen molar-refractivity contribution < 1.29 is 0 Å². The number of rotatable bonds is 6. The molecule has 0 saturated heterocycles. The zero-order valence-corrected chi connectivity index (χ0v) is 13.8. The van der Waals surface area contributed by atoms with Crippen molar-refractivity contribution in [2.75, 3.05) is 0 Å². The van der Waals surface area contributed by atoms with Crippen molar-refractivity contribution in [2.24, 2.45) is 5.73 Å². The molecule has 0 amide bonds. The van der Waals surface area contributed by atoms with Gasteiger partial charge in [0.05, 0.1) is 5.75 Å². The lowest BCUT2D eigenvalue weighted by Crippen LogP contribution is -2.22. The van der Waals surface area contributed by atoms with E-state index in [2.05, 4.69) is 45.0 Å². The summed E-state index contributed by atoms with van der Waals surface area (Å²) < 4.78 is 1.09. The van der Waals surface area contributed by atoms with Gasteiger partial charge in [-0.05, 0) is 30.7 Å². The first kappa shape index (κ1) is 15.5. The molecule has 1 heterocycles. The molecule has 2 aromatic rings. The molecular formula is C15H18BrN3S. The second-order valence-corrected chi connectivity index (χ2v) is 6.55. The van der Waals surface area contributed by atoms with E-state index in [-0.39, 0.29) is 6.04 Å². The maximum atomic E-state index is 5.97. The predicted octanol–water partition coefficient (Wildman–Crippen LogP) is 3.81. The third-order valence-corrected chi connectivity index (χ3v) is 4.41. The molecule has 3 nitrogen and oxygen atoms in total. The Hall–Kier alpha value is -0.910. The maximum Gasteiger partial charge on any atom is 0.138 e. The van der Waals surface area contributed by atoms with E-state index >= 15 is 0 Å². The Kier molecular flexibility index (Phi) is 6.01. The lowest BCUT2D eigenvalue weighted by molar-refractivity contribution is 0.634. The van der Waals surface area contributed by atoms with E-state index in [1.54, 1.807) is 11.8 Å². The molecule has 0 saturated carbocycles. The molecule has 0 aliphatic carbocycles. The van der Waals surface area contributed by atoms with Crippen molar-refractivity contribution in [1.82, 2.24) is 9.97 Å². The molecule has 1 unspecified atom stereocenters. The van der Waals surface area contributed by atoms with Crippen LogP contribution in [0.1, 0.15) is 24.9 Å². The molecule has 1 aromatic heterocycles. The Bertz CT molecular complexity index is 562. The summed E-state index contributed by atoms with van der Waals surface area (Å²) >= 11 is 5.21. The molecule has 5 heteroatoms. The summed E-state index contributed by atoms with van der Waals surface area (Å²) in [6.07, 6.45) is 3.60. The summed E-state index contributed by atoms with van der Waals surface area (Å²) in [6.45, 7) is 2.09. The van der Waals surface area contributed by atoms with E-state index in [0.29, 0.717) is 0 Å². The minimum Gasteiger partial charge on any atom is -0.327 e. The highest BCUT2D eigenvalue weighted by Gasteiger charge is 2.05. The van der Waals surface area contributed by atoms with Gasteiger partial charge in [0, 0.05) is 33.7 Å². The van der Waals surface area contributed by atoms with Crippen LogP contribution in [0.3, 0.4) is 0 Å². The van der Waals surface area contributed by atoms with E-state index in [1.807, 2.05) is 24.4 Å². The van der Waals surface area contributed by atoms with Crippen LogP contribution < -0.4 is 5.73 Å². The molecule has 0 fully saturated rings. The van der Waals surface area contributed by atoms with Gasteiger partial charge in [0.1, 0.15) is 5.82 Å². The van der Waals surface area contributed by atoms with Crippen LogP contribution in [0.4, 0.5) is 0 Å². The van der Waals surface area contributed by atoms with Gasteiger partial charge in [-0.25, -0.2) is 9.97 Å². The number of nitrogens with zero attached hydrogens (tertiary/aromatic N) is 2. The van der Waals surface area contributed by atoms with Crippen LogP contribution in [0.15, 0.2) is 45.9 Å². The normalized spacial score (nSPS) is 12.3. The summed E-state index contributed by atoms with van der Waals surface area (Å²) in [5.41, 5.74) is 6.99. The zero-order chi connectivity index (χ0) is 14.4. The van der Waals surface area contributed by atoms with Gasteiger partial charge in [-0.15, -0.1) is 11.8 Å². The Morgan fingerprint density at radius 1 is 1.35 bits per heavy atom. The summed E-state index contributed by atoms with van der Waals surface area (Å²) in [5.74, 6) is 1.63. The summed E-state index contributed by atoms with van der Waals surface area (Å²) in [5, 5.41) is 0. The molecule has 106 valence electrons. The van der Waals surface area contributed by atoms with Crippen molar-refractivity contribution in [2.45, 2.75) is 36.5 Å². The molecule has 1 atom stereocenters. The van der Waals surface area contributed by atoms with Gasteiger partial charge < -0.3 is 5.73 Å². The number of halogens is 1. The first-order valence-electron chi connectivity index (χ1n) is 6.62. The minimum atomic E-state index is 0.176. The van der Waals surface area contributed by atoms with Crippen LogP contribution in [0.25, 0.3) is 0 Å². The Balaban J connectivity index is 1.97. The molecule has 0 aliphatic rings. The number of thioether (sulfide) groups is 1. The zero-order valence-electron chi connectivity index (χ0n) is 11.4. The standard InChI is InChI=1S/C15H18BrN3S/c1-2-12(17)9-13-6-7-18-15(19-13)10-20-14-5-3-4-11(16)8-14/h3-8,12H,2,9-10,17H2,1H3. The number of hydrogen-bond donors (Lipinski definition) is 1. The van der Waals surface area contributed by atoms with Gasteiger partial charge in [0.25, 0.3) is 0 Å². The summed E-state index contributed by atoms with van der Waals surface area (Å²) in [4.78, 5) is 10.1. The van der Waals surface area contributed by atoms with Gasteiger partial charge in [0.2, 0.25) is 0 Å². The lowest BCUT2D eigenvalue weighted by atomic mass is 10.1. The Morgan fingerprint density at radius 3 is 2.95 bits per heavy atom. The molecule has 2 N–H and O–H groups in total. The van der Waals surface area contributed by atoms with Gasteiger partial charge in [-0.3, -0.25) is 0 Å². The van der Waals surface area contributed by atoms with E-state index in [0.717, 1.165) is 34.6 Å². The van der Waals surface area contributed by atoms with Crippen molar-refractivity contribution in [3.05, 3.63) is 52.5 Å². The van der Waals surface area contributed by atoms with Crippen LogP contribution in [0.2, 0.25) is 0 Å². The van der Waals surface area contributed by atoms with E-state index < -0.39 is 0 Å². The van der Waals surface area contributed by atoms with Crippen molar-refractivity contribution >= 4 is 27.7 Å². The SMILES string of the molecule is CCC(N)Cc1ccnc(CSc2cccc(Br)c2)n1. The van der Waals surface area contributed by atoms with Gasteiger partial charge in [-0.1, -0.05) is 28.9 Å². The van der Waals surface area contributed by atoms with Crippen LogP contribution in [0, 0.1) is 0 Å². The van der Waals surface area contributed by atoms with E-state index in [1.165, 1.54) is 4.90 Å². The average Bonchev–Trinajstić information content (AvgIpc) is 2.45.